The Morgan fingerprint density at radius 2 is 1.40 bits per heavy atom. The highest BCUT2D eigenvalue weighted by Gasteiger charge is 2.33. The SMILES string of the molecule is CC.CC.CCC(C)CO.CCCCOCC(COCCC)(COCC(C)C)NC(=O)CC(C)S. The zero-order valence-electron chi connectivity index (χ0n) is 25.2. The molecular weight excluding hydrogens is 462 g/mol. The Hall–Kier alpha value is -0.340. The predicted molar refractivity (Wildman–Crippen MR) is 156 cm³/mol. The first kappa shape index (κ1) is 41.8. The maximum absolute atomic E-state index is 12.4. The minimum atomic E-state index is -0.655. The van der Waals surface area contributed by atoms with Crippen molar-refractivity contribution in [2.75, 3.05) is 46.2 Å². The van der Waals surface area contributed by atoms with Gasteiger partial charge in [-0.3, -0.25) is 4.79 Å². The third-order valence-electron chi connectivity index (χ3n) is 4.47. The highest BCUT2D eigenvalue weighted by molar-refractivity contribution is 7.80. The molecule has 0 bridgehead atoms. The van der Waals surface area contributed by atoms with E-state index in [1.54, 1.807) is 0 Å². The number of aliphatic hydroxyl groups excluding tert-OH is 1. The van der Waals surface area contributed by atoms with Crippen molar-refractivity contribution in [1.29, 1.82) is 0 Å². The summed E-state index contributed by atoms with van der Waals surface area (Å²) in [7, 11) is 0. The summed E-state index contributed by atoms with van der Waals surface area (Å²) >= 11 is 4.31. The van der Waals surface area contributed by atoms with Gasteiger partial charge in [-0.25, -0.2) is 0 Å². The van der Waals surface area contributed by atoms with Gasteiger partial charge in [-0.15, -0.1) is 0 Å². The molecule has 3 unspecified atom stereocenters. The lowest BCUT2D eigenvalue weighted by atomic mass is 10.0. The number of ether oxygens (including phenoxy) is 3. The van der Waals surface area contributed by atoms with E-state index in [9.17, 15) is 4.79 Å². The fourth-order valence-corrected chi connectivity index (χ4v) is 2.56. The van der Waals surface area contributed by atoms with Gasteiger partial charge in [0, 0.05) is 38.1 Å². The van der Waals surface area contributed by atoms with Gasteiger partial charge in [0.15, 0.2) is 0 Å². The molecule has 0 aliphatic carbocycles. The molecule has 35 heavy (non-hydrogen) atoms. The molecule has 0 heterocycles. The summed E-state index contributed by atoms with van der Waals surface area (Å²) < 4.78 is 17.5. The first-order valence-electron chi connectivity index (χ1n) is 14.0. The summed E-state index contributed by atoms with van der Waals surface area (Å²) in [6.45, 7) is 25.9. The molecule has 2 N–H and O–H groups in total. The highest BCUT2D eigenvalue weighted by Crippen LogP contribution is 2.12. The summed E-state index contributed by atoms with van der Waals surface area (Å²) in [5.41, 5.74) is -0.655. The average Bonchev–Trinajstić information content (AvgIpc) is 2.83. The van der Waals surface area contributed by atoms with Crippen LogP contribution in [0.2, 0.25) is 0 Å². The normalized spacial score (nSPS) is 13.7. The number of hydrogen-bond donors (Lipinski definition) is 3. The molecule has 0 aliphatic rings. The van der Waals surface area contributed by atoms with Crippen LogP contribution in [0.15, 0.2) is 0 Å². The largest absolute Gasteiger partial charge is 0.396 e. The number of carbonyl (C=O) groups excluding carboxylic acids is 1. The van der Waals surface area contributed by atoms with E-state index < -0.39 is 5.54 Å². The Labute approximate surface area is 225 Å². The highest BCUT2D eigenvalue weighted by atomic mass is 32.1. The van der Waals surface area contributed by atoms with Crippen molar-refractivity contribution in [2.45, 2.75) is 119 Å². The van der Waals surface area contributed by atoms with Gasteiger partial charge < -0.3 is 24.6 Å². The average molecular weight is 526 g/mol. The van der Waals surface area contributed by atoms with Crippen LogP contribution in [-0.2, 0) is 19.0 Å². The van der Waals surface area contributed by atoms with Crippen LogP contribution < -0.4 is 5.32 Å². The summed E-state index contributed by atoms with van der Waals surface area (Å²) in [6.07, 6.45) is 4.45. The number of carbonyl (C=O) groups is 1. The lowest BCUT2D eigenvalue weighted by molar-refractivity contribution is -0.127. The monoisotopic (exact) mass is 525 g/mol. The lowest BCUT2D eigenvalue weighted by Crippen LogP contribution is -2.59. The maximum Gasteiger partial charge on any atom is 0.221 e. The van der Waals surface area contributed by atoms with Crippen LogP contribution in [0.4, 0.5) is 0 Å². The fraction of sp³-hybridized carbons (Fsp3) is 0.964. The molecule has 0 aromatic heterocycles. The van der Waals surface area contributed by atoms with Crippen LogP contribution in [-0.4, -0.2) is 68.1 Å². The molecule has 0 radical (unpaired) electrons. The molecule has 0 aromatic carbocycles. The number of hydrogen-bond acceptors (Lipinski definition) is 6. The molecule has 0 saturated carbocycles. The molecule has 0 rings (SSSR count). The molecule has 0 aromatic rings. The Balaban J connectivity index is -0.000000408. The summed E-state index contributed by atoms with van der Waals surface area (Å²) in [4.78, 5) is 12.4. The van der Waals surface area contributed by atoms with E-state index >= 15 is 0 Å². The van der Waals surface area contributed by atoms with Crippen LogP contribution in [0.25, 0.3) is 0 Å². The Morgan fingerprint density at radius 3 is 1.77 bits per heavy atom. The van der Waals surface area contributed by atoms with Gasteiger partial charge in [0.25, 0.3) is 0 Å². The van der Waals surface area contributed by atoms with Crippen molar-refractivity contribution in [3.63, 3.8) is 0 Å². The number of thiol groups is 1. The number of amides is 1. The van der Waals surface area contributed by atoms with E-state index in [0.29, 0.717) is 64.5 Å². The van der Waals surface area contributed by atoms with Gasteiger partial charge in [0.05, 0.1) is 19.8 Å². The molecule has 1 amide bonds. The quantitative estimate of drug-likeness (QED) is 0.140. The zero-order chi connectivity index (χ0) is 28.1. The summed E-state index contributed by atoms with van der Waals surface area (Å²) in [5, 5.41) is 11.4. The van der Waals surface area contributed by atoms with E-state index in [1.807, 2.05) is 41.5 Å². The Bertz CT molecular complexity index is 407. The zero-order valence-corrected chi connectivity index (χ0v) is 26.1. The number of nitrogens with one attached hydrogen (secondary N) is 1. The van der Waals surface area contributed by atoms with E-state index in [2.05, 4.69) is 52.6 Å². The van der Waals surface area contributed by atoms with E-state index in [-0.39, 0.29) is 11.2 Å². The second-order valence-electron chi connectivity index (χ2n) is 8.95. The summed E-state index contributed by atoms with van der Waals surface area (Å²) in [6, 6.07) is 0. The number of unbranched alkanes of at least 4 members (excludes halogenated alkanes) is 1. The third kappa shape index (κ3) is 31.6. The molecule has 0 aliphatic heterocycles. The van der Waals surface area contributed by atoms with E-state index in [0.717, 1.165) is 25.7 Å². The first-order chi connectivity index (χ1) is 16.7. The lowest BCUT2D eigenvalue weighted by Gasteiger charge is -2.34. The molecule has 0 saturated heterocycles. The minimum Gasteiger partial charge on any atom is -0.396 e. The van der Waals surface area contributed by atoms with Crippen molar-refractivity contribution in [1.82, 2.24) is 5.32 Å². The molecule has 6 nitrogen and oxygen atoms in total. The predicted octanol–water partition coefficient (Wildman–Crippen LogP) is 6.54. The van der Waals surface area contributed by atoms with Crippen LogP contribution in [0.5, 0.6) is 0 Å². The van der Waals surface area contributed by atoms with Crippen molar-refractivity contribution in [2.24, 2.45) is 11.8 Å². The van der Waals surface area contributed by atoms with Gasteiger partial charge >= 0.3 is 0 Å². The number of aliphatic hydroxyl groups is 1. The van der Waals surface area contributed by atoms with Crippen molar-refractivity contribution in [3.05, 3.63) is 0 Å². The molecule has 216 valence electrons. The van der Waals surface area contributed by atoms with E-state index in [4.69, 9.17) is 19.3 Å². The molecule has 0 spiro atoms. The summed E-state index contributed by atoms with van der Waals surface area (Å²) in [5.74, 6) is 0.878. The molecule has 0 fully saturated rings. The maximum atomic E-state index is 12.4. The smallest absolute Gasteiger partial charge is 0.221 e. The van der Waals surface area contributed by atoms with Gasteiger partial charge in [-0.05, 0) is 24.7 Å². The van der Waals surface area contributed by atoms with Crippen LogP contribution in [0.3, 0.4) is 0 Å². The van der Waals surface area contributed by atoms with E-state index in [1.165, 1.54) is 0 Å². The Morgan fingerprint density at radius 1 is 0.886 bits per heavy atom. The minimum absolute atomic E-state index is 0.00634. The van der Waals surface area contributed by atoms with Gasteiger partial charge in [-0.2, -0.15) is 12.6 Å². The second kappa shape index (κ2) is 31.7. The first-order valence-corrected chi connectivity index (χ1v) is 14.5. The number of rotatable bonds is 18. The van der Waals surface area contributed by atoms with Gasteiger partial charge in [0.1, 0.15) is 5.54 Å². The van der Waals surface area contributed by atoms with Crippen molar-refractivity contribution < 1.29 is 24.1 Å². The van der Waals surface area contributed by atoms with Crippen LogP contribution in [0.1, 0.15) is 108 Å². The molecule has 3 atom stereocenters. The standard InChI is InChI=1S/C19H39NO4S.C5H12O.2C2H6/c1-6-8-10-23-14-19(13-22-9-7-2,15-24-12-16(3)4)20-18(21)11-17(5)25;1-3-5(2)4-6;2*1-2/h16-17,25H,6-15H2,1-5H3,(H,20,21);5-6H,3-4H2,1-2H3;2*1-2H3. The van der Waals surface area contributed by atoms with Crippen molar-refractivity contribution >= 4 is 18.5 Å². The second-order valence-corrected chi connectivity index (χ2v) is 9.83. The van der Waals surface area contributed by atoms with Crippen LogP contribution >= 0.6 is 12.6 Å². The third-order valence-corrected chi connectivity index (χ3v) is 4.65. The van der Waals surface area contributed by atoms with Crippen LogP contribution in [0, 0.1) is 11.8 Å². The topological polar surface area (TPSA) is 77.0 Å². The Kier molecular flexibility index (Phi) is 37.8. The molecule has 7 heteroatoms. The molecular formula is C28H63NO5S. The van der Waals surface area contributed by atoms with Gasteiger partial charge in [-0.1, -0.05) is 89.0 Å². The van der Waals surface area contributed by atoms with Gasteiger partial charge in [0.2, 0.25) is 5.91 Å². The van der Waals surface area contributed by atoms with Crippen molar-refractivity contribution in [3.8, 4) is 0 Å². The fourth-order valence-electron chi connectivity index (χ4n) is 2.39.